The van der Waals surface area contributed by atoms with Crippen molar-refractivity contribution in [2.75, 3.05) is 22.6 Å². The molecule has 3 aromatic rings. The van der Waals surface area contributed by atoms with Crippen LogP contribution in [0.15, 0.2) is 24.5 Å². The van der Waals surface area contributed by atoms with Gasteiger partial charge < -0.3 is 15.5 Å². The Balaban J connectivity index is 1.56. The van der Waals surface area contributed by atoms with Crippen molar-refractivity contribution in [2.24, 2.45) is 5.92 Å². The topological polar surface area (TPSA) is 105 Å². The molecule has 35 heavy (non-hydrogen) atoms. The lowest BCUT2D eigenvalue weighted by Crippen LogP contribution is -2.25. The number of halogens is 2. The minimum Gasteiger partial charge on any atom is -0.365 e. The third kappa shape index (κ3) is 4.11. The quantitative estimate of drug-likeness (QED) is 0.469. The normalized spacial score (nSPS) is 16.1. The van der Waals surface area contributed by atoms with Gasteiger partial charge in [-0.15, -0.1) is 0 Å². The number of nitrogens with one attached hydrogen (secondary N) is 2. The maximum atomic E-state index is 13.7. The summed E-state index contributed by atoms with van der Waals surface area (Å²) in [6.07, 6.45) is 3.60. The van der Waals surface area contributed by atoms with Gasteiger partial charge in [-0.25, -0.2) is 15.0 Å². The van der Waals surface area contributed by atoms with E-state index in [0.717, 1.165) is 17.4 Å². The van der Waals surface area contributed by atoms with Crippen molar-refractivity contribution in [3.8, 4) is 11.3 Å². The zero-order chi connectivity index (χ0) is 27.4. The van der Waals surface area contributed by atoms with Crippen LogP contribution in [0, 0.1) is 12.8 Å². The minimum absolute atomic E-state index is 0.0157. The summed E-state index contributed by atoms with van der Waals surface area (Å²) in [6.45, 7) is -3.58. The van der Waals surface area contributed by atoms with Crippen LogP contribution in [0.4, 0.5) is 31.8 Å². The Kier molecular flexibility index (Phi) is 4.84. The maximum Gasteiger partial charge on any atom is 0.320 e. The first-order chi connectivity index (χ1) is 17.9. The van der Waals surface area contributed by atoms with E-state index in [0.29, 0.717) is 28.5 Å². The summed E-state index contributed by atoms with van der Waals surface area (Å²) in [5.41, 5.74) is 2.13. The van der Waals surface area contributed by atoms with E-state index in [-0.39, 0.29) is 41.3 Å². The lowest BCUT2D eigenvalue weighted by atomic mass is 10.0. The molecule has 0 radical (unpaired) electrons. The van der Waals surface area contributed by atoms with Crippen molar-refractivity contribution in [2.45, 2.75) is 46.1 Å². The molecule has 1 fully saturated rings. The highest BCUT2D eigenvalue weighted by atomic mass is 19.3. The monoisotopic (exact) mass is 484 g/mol. The first-order valence-electron chi connectivity index (χ1n) is 12.6. The molecule has 1 aliphatic heterocycles. The first kappa shape index (κ1) is 19.4. The molecular formula is C24H25F2N7O2. The number of aryl methyl sites for hydroxylation is 1. The molecule has 182 valence electrons. The number of carbonyl (C=O) groups is 2. The third-order valence-corrected chi connectivity index (χ3v) is 6.15. The molecule has 2 N–H and O–H groups in total. The molecule has 3 aromatic heterocycles. The number of aromatic nitrogens is 4. The van der Waals surface area contributed by atoms with Crippen LogP contribution < -0.4 is 15.5 Å². The summed E-state index contributed by atoms with van der Waals surface area (Å²) in [7, 11) is 1.72. The lowest BCUT2D eigenvalue weighted by molar-refractivity contribution is -0.117. The summed E-state index contributed by atoms with van der Waals surface area (Å²) >= 11 is 0. The van der Waals surface area contributed by atoms with Crippen LogP contribution >= 0.6 is 0 Å². The van der Waals surface area contributed by atoms with Crippen molar-refractivity contribution in [1.29, 1.82) is 0 Å². The molecule has 5 rings (SSSR count). The van der Waals surface area contributed by atoms with Gasteiger partial charge in [0.15, 0.2) is 11.6 Å². The predicted octanol–water partition coefficient (Wildman–Crippen LogP) is 4.68. The number of anilines is 4. The second-order valence-electron chi connectivity index (χ2n) is 8.62. The molecule has 11 heteroatoms. The summed E-state index contributed by atoms with van der Waals surface area (Å²) in [4.78, 5) is 39.9. The molecule has 1 aliphatic carbocycles. The molecule has 4 heterocycles. The molecule has 2 aliphatic rings. The number of hydrogen-bond acceptors (Lipinski definition) is 7. The number of carbonyl (C=O) groups excluding carboxylic acids is 2. The largest absolute Gasteiger partial charge is 0.365 e. The number of nitrogens with zero attached hydrogens (tertiary/aromatic N) is 5. The molecule has 0 atom stereocenters. The summed E-state index contributed by atoms with van der Waals surface area (Å²) < 4.78 is 50.8. The Morgan fingerprint density at radius 2 is 2.11 bits per heavy atom. The van der Waals surface area contributed by atoms with Crippen LogP contribution in [-0.4, -0.2) is 38.3 Å². The number of Topliss-reactive ketones (excluding diaryl/α,β-unsaturated/α-hetero) is 1. The number of amides is 1. The average Bonchev–Trinajstić information content (AvgIpc) is 3.61. The predicted molar refractivity (Wildman–Crippen MR) is 127 cm³/mol. The Morgan fingerprint density at radius 3 is 2.83 bits per heavy atom. The maximum absolute atomic E-state index is 13.7. The van der Waals surface area contributed by atoms with E-state index in [1.807, 2.05) is 0 Å². The SMILES string of the molecule is [2H]C([2H])([2H])CC(=O)c1cnc(NC(=O)C2CC2)cc1Nc1nccc2c1N(C)Cc1c-2nc(C)n1C(F)F. The van der Waals surface area contributed by atoms with Crippen LogP contribution in [0.5, 0.6) is 0 Å². The Bertz CT molecular complexity index is 1440. The van der Waals surface area contributed by atoms with Crippen molar-refractivity contribution in [1.82, 2.24) is 19.5 Å². The molecular weight excluding hydrogens is 456 g/mol. The van der Waals surface area contributed by atoms with Gasteiger partial charge in [0.2, 0.25) is 5.91 Å². The Labute approximate surface area is 204 Å². The molecule has 1 saturated carbocycles. The van der Waals surface area contributed by atoms with E-state index in [9.17, 15) is 18.4 Å². The number of hydrogen-bond donors (Lipinski definition) is 2. The van der Waals surface area contributed by atoms with Gasteiger partial charge in [-0.1, -0.05) is 6.85 Å². The third-order valence-electron chi connectivity index (χ3n) is 6.15. The van der Waals surface area contributed by atoms with Crippen LogP contribution in [0.2, 0.25) is 0 Å². The smallest absolute Gasteiger partial charge is 0.320 e. The highest BCUT2D eigenvalue weighted by Crippen LogP contribution is 2.43. The van der Waals surface area contributed by atoms with Crippen LogP contribution in [0.1, 0.15) is 58.7 Å². The summed E-state index contributed by atoms with van der Waals surface area (Å²) in [5.74, 6) is -0.244. The second-order valence-corrected chi connectivity index (χ2v) is 8.62. The van der Waals surface area contributed by atoms with E-state index in [2.05, 4.69) is 25.6 Å². The van der Waals surface area contributed by atoms with Gasteiger partial charge in [-0.05, 0) is 25.8 Å². The second kappa shape index (κ2) is 8.71. The number of ketones is 1. The van der Waals surface area contributed by atoms with Crippen LogP contribution in [0.25, 0.3) is 11.3 Å². The minimum atomic E-state index is -2.74. The van der Waals surface area contributed by atoms with Crippen molar-refractivity contribution in [3.63, 3.8) is 0 Å². The van der Waals surface area contributed by atoms with Crippen molar-refractivity contribution >= 4 is 34.7 Å². The highest BCUT2D eigenvalue weighted by molar-refractivity contribution is 6.03. The molecule has 0 aromatic carbocycles. The van der Waals surface area contributed by atoms with E-state index < -0.39 is 25.6 Å². The number of alkyl halides is 2. The van der Waals surface area contributed by atoms with E-state index in [1.54, 1.807) is 18.0 Å². The van der Waals surface area contributed by atoms with Gasteiger partial charge >= 0.3 is 6.55 Å². The number of imidazole rings is 1. The zero-order valence-corrected chi connectivity index (χ0v) is 19.1. The number of pyridine rings is 2. The Hall–Kier alpha value is -3.89. The van der Waals surface area contributed by atoms with E-state index in [1.165, 1.54) is 25.4 Å². The highest BCUT2D eigenvalue weighted by Gasteiger charge is 2.32. The first-order valence-corrected chi connectivity index (χ1v) is 11.1. The van der Waals surface area contributed by atoms with Crippen LogP contribution in [-0.2, 0) is 11.3 Å². The van der Waals surface area contributed by atoms with Gasteiger partial charge in [0.05, 0.1) is 34.9 Å². The fourth-order valence-corrected chi connectivity index (χ4v) is 4.29. The number of rotatable bonds is 7. The van der Waals surface area contributed by atoms with Gasteiger partial charge in [-0.2, -0.15) is 8.78 Å². The standard InChI is InChI=1S/C24H25F2N7O2/c1-4-18(34)15-10-28-19(31-23(35)13-5-6-13)9-16(15)30-22-21-14(7-8-27-22)20-17(11-32(21)3)33(24(25)26)12(2)29-20/h7-10,13,24H,4-6,11H2,1-3H3,(H2,27,28,30,31,35)/i1D3. The van der Waals surface area contributed by atoms with E-state index >= 15 is 0 Å². The molecule has 0 bridgehead atoms. The van der Waals surface area contributed by atoms with Crippen LogP contribution in [0.3, 0.4) is 0 Å². The van der Waals surface area contributed by atoms with Gasteiger partial charge in [0, 0.05) is 47.5 Å². The lowest BCUT2D eigenvalue weighted by Gasteiger charge is -2.30. The molecule has 1 amide bonds. The number of fused-ring (bicyclic) bond motifs is 3. The molecule has 0 spiro atoms. The fraction of sp³-hybridized carbons (Fsp3) is 0.375. The molecule has 0 unspecified atom stereocenters. The molecule has 0 saturated heterocycles. The fourth-order valence-electron chi connectivity index (χ4n) is 4.29. The van der Waals surface area contributed by atoms with Gasteiger partial charge in [-0.3, -0.25) is 14.2 Å². The van der Waals surface area contributed by atoms with E-state index in [4.69, 9.17) is 4.11 Å². The van der Waals surface area contributed by atoms with Gasteiger partial charge in [0.1, 0.15) is 11.6 Å². The summed E-state index contributed by atoms with van der Waals surface area (Å²) in [6, 6.07) is 3.13. The molecule has 9 nitrogen and oxygen atoms in total. The zero-order valence-electron chi connectivity index (χ0n) is 22.1. The van der Waals surface area contributed by atoms with Crippen molar-refractivity contribution < 1.29 is 22.5 Å². The van der Waals surface area contributed by atoms with Crippen molar-refractivity contribution in [3.05, 3.63) is 41.6 Å². The Morgan fingerprint density at radius 1 is 1.31 bits per heavy atom. The van der Waals surface area contributed by atoms with Gasteiger partial charge in [0.25, 0.3) is 0 Å². The summed E-state index contributed by atoms with van der Waals surface area (Å²) in [5, 5.41) is 5.82. The average molecular weight is 485 g/mol.